The zero-order valence-electron chi connectivity index (χ0n) is 6.68. The molecule has 4 heteroatoms. The highest BCUT2D eigenvalue weighted by molar-refractivity contribution is 9.10. The van der Waals surface area contributed by atoms with Crippen LogP contribution < -0.4 is 4.74 Å². The van der Waals surface area contributed by atoms with Crippen molar-refractivity contribution >= 4 is 27.5 Å². The van der Waals surface area contributed by atoms with Crippen molar-refractivity contribution < 1.29 is 4.74 Å². The van der Waals surface area contributed by atoms with Gasteiger partial charge in [-0.1, -0.05) is 18.5 Å². The maximum absolute atomic E-state index is 5.80. The van der Waals surface area contributed by atoms with E-state index in [9.17, 15) is 0 Å². The molecule has 0 aliphatic heterocycles. The number of hydrogen-bond acceptors (Lipinski definition) is 2. The lowest BCUT2D eigenvalue weighted by atomic mass is 10.4. The van der Waals surface area contributed by atoms with Crippen molar-refractivity contribution in [2.75, 3.05) is 6.61 Å². The monoisotopic (exact) mass is 249 g/mol. The van der Waals surface area contributed by atoms with E-state index < -0.39 is 0 Å². The van der Waals surface area contributed by atoms with E-state index in [0.29, 0.717) is 17.5 Å². The lowest BCUT2D eigenvalue weighted by molar-refractivity contribution is 0.316. The maximum atomic E-state index is 5.80. The van der Waals surface area contributed by atoms with Crippen LogP contribution in [0.1, 0.15) is 13.3 Å². The third-order valence-electron chi connectivity index (χ3n) is 1.24. The van der Waals surface area contributed by atoms with Crippen LogP contribution in [0.5, 0.6) is 5.75 Å². The Morgan fingerprint density at radius 3 is 2.92 bits per heavy atom. The molecule has 0 spiro atoms. The minimum atomic E-state index is 0.401. The molecule has 0 unspecified atom stereocenters. The smallest absolute Gasteiger partial charge is 0.172 e. The highest BCUT2D eigenvalue weighted by Crippen LogP contribution is 2.23. The number of halogens is 2. The van der Waals surface area contributed by atoms with Crippen molar-refractivity contribution in [2.45, 2.75) is 13.3 Å². The Bertz CT molecular complexity index is 267. The lowest BCUT2D eigenvalue weighted by Crippen LogP contribution is -1.96. The molecule has 0 saturated carbocycles. The van der Waals surface area contributed by atoms with Gasteiger partial charge in [0.1, 0.15) is 4.60 Å². The van der Waals surface area contributed by atoms with E-state index in [-0.39, 0.29) is 0 Å². The van der Waals surface area contributed by atoms with Gasteiger partial charge in [0.15, 0.2) is 10.9 Å². The molecule has 0 bridgehead atoms. The predicted molar refractivity (Wildman–Crippen MR) is 52.7 cm³/mol. The molecule has 0 N–H and O–H groups in total. The first kappa shape index (κ1) is 9.81. The molecule has 0 atom stereocenters. The number of rotatable bonds is 3. The molecule has 1 rings (SSSR count). The van der Waals surface area contributed by atoms with Crippen LogP contribution in [0.4, 0.5) is 0 Å². The van der Waals surface area contributed by atoms with Gasteiger partial charge in [-0.3, -0.25) is 0 Å². The van der Waals surface area contributed by atoms with Crippen molar-refractivity contribution in [3.8, 4) is 5.75 Å². The number of pyridine rings is 1. The van der Waals surface area contributed by atoms with Crippen LogP contribution in [0, 0.1) is 0 Å². The minimum absolute atomic E-state index is 0.401. The Morgan fingerprint density at radius 2 is 2.33 bits per heavy atom. The lowest BCUT2D eigenvalue weighted by Gasteiger charge is -2.05. The fourth-order valence-corrected chi connectivity index (χ4v) is 1.34. The van der Waals surface area contributed by atoms with Crippen molar-refractivity contribution in [1.29, 1.82) is 0 Å². The SMILES string of the molecule is CCCOc1ccc(Br)nc1Cl. The van der Waals surface area contributed by atoms with Crippen LogP contribution >= 0.6 is 27.5 Å². The Labute approximate surface area is 85.0 Å². The van der Waals surface area contributed by atoms with Gasteiger partial charge in [0, 0.05) is 0 Å². The van der Waals surface area contributed by atoms with Crippen molar-refractivity contribution in [2.24, 2.45) is 0 Å². The number of hydrogen-bond donors (Lipinski definition) is 0. The standard InChI is InChI=1S/C8H9BrClNO/c1-2-5-12-6-3-4-7(9)11-8(6)10/h3-4H,2,5H2,1H3. The third kappa shape index (κ3) is 2.64. The summed E-state index contributed by atoms with van der Waals surface area (Å²) in [6.45, 7) is 2.71. The van der Waals surface area contributed by atoms with Gasteiger partial charge in [-0.2, -0.15) is 0 Å². The van der Waals surface area contributed by atoms with Crippen LogP contribution in [-0.4, -0.2) is 11.6 Å². The summed E-state index contributed by atoms with van der Waals surface area (Å²) in [4.78, 5) is 3.98. The van der Waals surface area contributed by atoms with Gasteiger partial charge >= 0.3 is 0 Å². The summed E-state index contributed by atoms with van der Waals surface area (Å²) in [7, 11) is 0. The Balaban J connectivity index is 2.72. The van der Waals surface area contributed by atoms with Gasteiger partial charge in [-0.15, -0.1) is 0 Å². The quantitative estimate of drug-likeness (QED) is 0.768. The third-order valence-corrected chi connectivity index (χ3v) is 1.95. The van der Waals surface area contributed by atoms with E-state index in [1.54, 1.807) is 12.1 Å². The van der Waals surface area contributed by atoms with Gasteiger partial charge in [0.25, 0.3) is 0 Å². The minimum Gasteiger partial charge on any atom is -0.490 e. The molecule has 2 nitrogen and oxygen atoms in total. The molecule has 12 heavy (non-hydrogen) atoms. The molecule has 1 aromatic heterocycles. The van der Waals surface area contributed by atoms with Gasteiger partial charge in [-0.05, 0) is 34.5 Å². The molecule has 1 heterocycles. The topological polar surface area (TPSA) is 22.1 Å². The van der Waals surface area contributed by atoms with E-state index in [1.807, 2.05) is 6.92 Å². The molecule has 0 saturated heterocycles. The van der Waals surface area contributed by atoms with Gasteiger partial charge in [0.05, 0.1) is 6.61 Å². The molecule has 0 aliphatic rings. The number of ether oxygens (including phenoxy) is 1. The second kappa shape index (κ2) is 4.67. The first-order valence-electron chi connectivity index (χ1n) is 3.69. The van der Waals surface area contributed by atoms with Crippen LogP contribution in [0.2, 0.25) is 5.15 Å². The second-order valence-electron chi connectivity index (χ2n) is 2.27. The van der Waals surface area contributed by atoms with Crippen molar-refractivity contribution in [3.05, 3.63) is 21.9 Å². The maximum Gasteiger partial charge on any atom is 0.172 e. The second-order valence-corrected chi connectivity index (χ2v) is 3.44. The largest absolute Gasteiger partial charge is 0.490 e. The molecule has 66 valence electrons. The molecule has 0 amide bonds. The highest BCUT2D eigenvalue weighted by Gasteiger charge is 2.01. The summed E-state index contributed by atoms with van der Waals surface area (Å²) < 4.78 is 6.04. The van der Waals surface area contributed by atoms with Crippen LogP contribution in [-0.2, 0) is 0 Å². The van der Waals surface area contributed by atoms with E-state index in [1.165, 1.54) is 0 Å². The fraction of sp³-hybridized carbons (Fsp3) is 0.375. The zero-order valence-corrected chi connectivity index (χ0v) is 9.02. The summed E-state index contributed by atoms with van der Waals surface area (Å²) in [6.07, 6.45) is 0.965. The number of aromatic nitrogens is 1. The van der Waals surface area contributed by atoms with Crippen LogP contribution in [0.3, 0.4) is 0 Å². The first-order valence-corrected chi connectivity index (χ1v) is 4.86. The first-order chi connectivity index (χ1) is 5.74. The van der Waals surface area contributed by atoms with Crippen molar-refractivity contribution in [3.63, 3.8) is 0 Å². The van der Waals surface area contributed by atoms with Gasteiger partial charge < -0.3 is 4.74 Å². The molecule has 0 radical (unpaired) electrons. The Hall–Kier alpha value is -0.280. The average Bonchev–Trinajstić information content (AvgIpc) is 2.03. The summed E-state index contributed by atoms with van der Waals surface area (Å²) in [6, 6.07) is 3.60. The van der Waals surface area contributed by atoms with Gasteiger partial charge in [-0.25, -0.2) is 4.98 Å². The zero-order chi connectivity index (χ0) is 8.97. The summed E-state index contributed by atoms with van der Waals surface area (Å²) in [5.74, 6) is 0.640. The highest BCUT2D eigenvalue weighted by atomic mass is 79.9. The fourth-order valence-electron chi connectivity index (χ4n) is 0.719. The average molecular weight is 251 g/mol. The van der Waals surface area contributed by atoms with E-state index >= 15 is 0 Å². The molecular formula is C8H9BrClNO. The normalized spacial score (nSPS) is 9.92. The summed E-state index contributed by atoms with van der Waals surface area (Å²) in [5, 5.41) is 0.401. The van der Waals surface area contributed by atoms with Crippen molar-refractivity contribution in [1.82, 2.24) is 4.98 Å². The van der Waals surface area contributed by atoms with E-state index in [0.717, 1.165) is 11.0 Å². The summed E-state index contributed by atoms with van der Waals surface area (Å²) >= 11 is 9.01. The Morgan fingerprint density at radius 1 is 1.58 bits per heavy atom. The van der Waals surface area contributed by atoms with E-state index in [2.05, 4.69) is 20.9 Å². The van der Waals surface area contributed by atoms with Crippen LogP contribution in [0.25, 0.3) is 0 Å². The molecule has 1 aromatic rings. The molecular weight excluding hydrogens is 241 g/mol. The van der Waals surface area contributed by atoms with E-state index in [4.69, 9.17) is 16.3 Å². The van der Waals surface area contributed by atoms with Gasteiger partial charge in [0.2, 0.25) is 0 Å². The molecule has 0 fully saturated rings. The summed E-state index contributed by atoms with van der Waals surface area (Å²) in [5.41, 5.74) is 0. The Kier molecular flexibility index (Phi) is 3.82. The number of nitrogens with zero attached hydrogens (tertiary/aromatic N) is 1. The molecule has 0 aliphatic carbocycles. The predicted octanol–water partition coefficient (Wildman–Crippen LogP) is 3.29. The van der Waals surface area contributed by atoms with Crippen LogP contribution in [0.15, 0.2) is 16.7 Å². The molecule has 0 aromatic carbocycles.